The molecule has 4 saturated heterocycles. The Morgan fingerprint density at radius 3 is 2.46 bits per heavy atom. The van der Waals surface area contributed by atoms with Crippen molar-refractivity contribution in [1.29, 1.82) is 0 Å². The summed E-state index contributed by atoms with van der Waals surface area (Å²) in [5.41, 5.74) is 5.85. The van der Waals surface area contributed by atoms with Gasteiger partial charge in [0.25, 0.3) is 0 Å². The second-order valence-corrected chi connectivity index (χ2v) is 23.9. The lowest BCUT2D eigenvalue weighted by atomic mass is 9.46. The smallest absolute Gasteiger partial charge is 0.335 e. The highest BCUT2D eigenvalue weighted by atomic mass is 33.1. The molecule has 9 N–H and O–H groups in total. The minimum atomic E-state index is -1.81. The predicted molar refractivity (Wildman–Crippen MR) is 243 cm³/mol. The zero-order chi connectivity index (χ0) is 45.7. The largest absolute Gasteiger partial charge is 0.507 e. The Balaban J connectivity index is 1.02. The number of aromatic carboxylic acids is 1. The highest BCUT2D eigenvalue weighted by molar-refractivity contribution is 8.76. The Labute approximate surface area is 387 Å². The standard InChI is InChI=1S/C48H66N2O13S2/c1-26-34(27(2)53)37(55)35-30(36(26)54)15-28(41(58)59)16-31(35)62-42-38(56)40(57)48(33(19-52)63-42)13-12-47-22-44(21-46(18-32(44)49-50-47)11-5-10-45(46)8-3-4-9-45)17-29-20-60-23-43(39(29)47,7-6-14-51)24-64-65-25-61-48/h15-16,29,32-33,38-40,42,49-52,54-57H,3-14,17-25H2,1-2H3,(H,58,59)/t29-,32+,33+,38+,39+,40+,42+,43-,44+,46+,47-,48+/m0/s1. The number of Topliss-reactive ketones (excluding diaryl/α,β-unsaturated/α-hetero) is 1. The quantitative estimate of drug-likeness (QED) is 0.0876. The van der Waals surface area contributed by atoms with Crippen molar-refractivity contribution in [3.63, 3.8) is 0 Å². The molecule has 12 atom stereocenters. The molecular weight excluding hydrogens is 877 g/mol. The van der Waals surface area contributed by atoms with E-state index in [1.54, 1.807) is 10.8 Å². The van der Waals surface area contributed by atoms with Gasteiger partial charge in [-0.1, -0.05) is 40.9 Å². The van der Waals surface area contributed by atoms with E-state index in [0.717, 1.165) is 43.6 Å². The maximum atomic E-state index is 12.7. The summed E-state index contributed by atoms with van der Waals surface area (Å²) in [5.74, 6) is -2.01. The van der Waals surface area contributed by atoms with E-state index in [2.05, 4.69) is 10.9 Å². The summed E-state index contributed by atoms with van der Waals surface area (Å²) in [6.07, 6.45) is 9.13. The van der Waals surface area contributed by atoms with E-state index in [0.29, 0.717) is 42.9 Å². The minimum absolute atomic E-state index is 0.0103. The number of phenols is 2. The second kappa shape index (κ2) is 16.9. The lowest BCUT2D eigenvalue weighted by Crippen LogP contribution is -2.77. The molecule has 0 radical (unpaired) electrons. The van der Waals surface area contributed by atoms with Gasteiger partial charge in [-0.25, -0.2) is 4.79 Å². The van der Waals surface area contributed by atoms with Crippen molar-refractivity contribution in [3.8, 4) is 17.2 Å². The fourth-order valence-electron chi connectivity index (χ4n) is 16.0. The summed E-state index contributed by atoms with van der Waals surface area (Å²) in [6.45, 7) is 3.33. The van der Waals surface area contributed by atoms with Crippen LogP contribution in [-0.4, -0.2) is 127 Å². The Kier molecular flexibility index (Phi) is 12.1. The molecule has 4 saturated carbocycles. The van der Waals surface area contributed by atoms with E-state index in [1.807, 2.05) is 0 Å². The van der Waals surface area contributed by atoms with Crippen LogP contribution >= 0.6 is 21.6 Å². The molecule has 0 amide bonds. The van der Waals surface area contributed by atoms with Crippen molar-refractivity contribution in [1.82, 2.24) is 10.9 Å². The molecule has 0 unspecified atom stereocenters. The molecule has 0 aromatic heterocycles. The number of aromatic hydroxyl groups is 2. The van der Waals surface area contributed by atoms with Crippen molar-refractivity contribution in [2.24, 2.45) is 33.5 Å². The number of carboxylic acid groups (broad SMARTS) is 1. The first-order valence-electron chi connectivity index (χ1n) is 23.8. The molecule has 4 aliphatic carbocycles. The van der Waals surface area contributed by atoms with Gasteiger partial charge in [-0.2, -0.15) is 0 Å². The van der Waals surface area contributed by atoms with E-state index in [1.165, 1.54) is 76.0 Å². The lowest BCUT2D eigenvalue weighted by Gasteiger charge is -2.67. The summed E-state index contributed by atoms with van der Waals surface area (Å²) in [5, 5.41) is 78.6. The average molecular weight is 943 g/mol. The van der Waals surface area contributed by atoms with Gasteiger partial charge in [-0.15, -0.1) is 0 Å². The summed E-state index contributed by atoms with van der Waals surface area (Å²) < 4.78 is 26.1. The van der Waals surface area contributed by atoms with E-state index in [-0.39, 0.29) is 74.8 Å². The van der Waals surface area contributed by atoms with Gasteiger partial charge in [0.1, 0.15) is 47.1 Å². The molecule has 4 heterocycles. The summed E-state index contributed by atoms with van der Waals surface area (Å²) in [7, 11) is 3.15. The first kappa shape index (κ1) is 46.3. The molecule has 5 spiro atoms. The van der Waals surface area contributed by atoms with Gasteiger partial charge >= 0.3 is 5.97 Å². The predicted octanol–water partition coefficient (Wildman–Crippen LogP) is 5.71. The van der Waals surface area contributed by atoms with Crippen LogP contribution < -0.4 is 15.6 Å². The Bertz CT molecular complexity index is 2200. The topological polar surface area (TPSA) is 237 Å². The number of carbonyl (C=O) groups excluding carboxylic acids is 1. The highest BCUT2D eigenvalue weighted by Gasteiger charge is 2.72. The van der Waals surface area contributed by atoms with Crippen LogP contribution in [0.15, 0.2) is 12.1 Å². The zero-order valence-corrected chi connectivity index (χ0v) is 39.1. The number of carbonyl (C=O) groups is 2. The first-order chi connectivity index (χ1) is 31.1. The van der Waals surface area contributed by atoms with Gasteiger partial charge < -0.3 is 54.7 Å². The van der Waals surface area contributed by atoms with Crippen LogP contribution in [0, 0.1) is 40.4 Å². The van der Waals surface area contributed by atoms with E-state index in [9.17, 15) is 45.3 Å². The number of aliphatic hydroxyl groups is 4. The molecule has 65 heavy (non-hydrogen) atoms. The number of hydrogen-bond donors (Lipinski definition) is 9. The molecule has 8 fully saturated rings. The molecule has 4 aliphatic heterocycles. The van der Waals surface area contributed by atoms with Crippen LogP contribution in [0.5, 0.6) is 17.2 Å². The number of rotatable bonds is 8. The van der Waals surface area contributed by atoms with Crippen molar-refractivity contribution < 1.29 is 64.3 Å². The number of ether oxygens (including phenoxy) is 4. The maximum absolute atomic E-state index is 12.7. The Morgan fingerprint density at radius 1 is 0.954 bits per heavy atom. The van der Waals surface area contributed by atoms with Gasteiger partial charge in [-0.05, 0) is 131 Å². The average Bonchev–Trinajstić information content (AvgIpc) is 3.98. The number of fused-ring (bicyclic) bond motifs is 2. The number of phenolic OH excluding ortho intramolecular Hbond substituents is 2. The molecular formula is C48H66N2O13S2. The van der Waals surface area contributed by atoms with Crippen LogP contribution in [0.3, 0.4) is 0 Å². The van der Waals surface area contributed by atoms with Crippen molar-refractivity contribution in [2.45, 2.75) is 152 Å². The number of aliphatic hydroxyl groups excluding tert-OH is 4. The van der Waals surface area contributed by atoms with Crippen molar-refractivity contribution in [2.75, 3.05) is 38.1 Å². The Hall–Kier alpha value is -2.42. The van der Waals surface area contributed by atoms with Gasteiger partial charge in [0.15, 0.2) is 5.78 Å². The Morgan fingerprint density at radius 2 is 1.72 bits per heavy atom. The van der Waals surface area contributed by atoms with Crippen LogP contribution in [0.2, 0.25) is 0 Å². The molecule has 15 nitrogen and oxygen atoms in total. The molecule has 2 aromatic carbocycles. The van der Waals surface area contributed by atoms with Crippen LogP contribution in [-0.2, 0) is 14.2 Å². The number of nitrogens with one attached hydrogen (secondary N) is 2. The van der Waals surface area contributed by atoms with Gasteiger partial charge in [-0.3, -0.25) is 15.6 Å². The van der Waals surface area contributed by atoms with E-state index >= 15 is 0 Å². The molecule has 358 valence electrons. The molecule has 8 aliphatic rings. The monoisotopic (exact) mass is 942 g/mol. The van der Waals surface area contributed by atoms with Gasteiger partial charge in [0, 0.05) is 46.9 Å². The number of benzene rings is 2. The third-order valence-corrected chi connectivity index (χ3v) is 20.6. The van der Waals surface area contributed by atoms with Crippen molar-refractivity contribution >= 4 is 44.1 Å². The van der Waals surface area contributed by atoms with E-state index < -0.39 is 65.6 Å². The van der Waals surface area contributed by atoms with Crippen LogP contribution in [0.25, 0.3) is 10.8 Å². The van der Waals surface area contributed by atoms with Crippen molar-refractivity contribution in [3.05, 3.63) is 28.8 Å². The van der Waals surface area contributed by atoms with Gasteiger partial charge in [0.2, 0.25) is 6.29 Å². The summed E-state index contributed by atoms with van der Waals surface area (Å²) in [4.78, 5) is 25.0. The lowest BCUT2D eigenvalue weighted by molar-refractivity contribution is -0.323. The molecule has 2 aromatic rings. The fraction of sp³-hybridized carbons (Fsp3) is 0.750. The van der Waals surface area contributed by atoms with Crippen LogP contribution in [0.1, 0.15) is 130 Å². The summed E-state index contributed by atoms with van der Waals surface area (Å²) in [6, 6.07) is 2.54. The third-order valence-electron chi connectivity index (χ3n) is 18.4. The van der Waals surface area contributed by atoms with Crippen LogP contribution in [0.4, 0.5) is 0 Å². The molecule has 17 heteroatoms. The molecule has 10 rings (SSSR count). The maximum Gasteiger partial charge on any atom is 0.335 e. The minimum Gasteiger partial charge on any atom is -0.507 e. The second-order valence-electron chi connectivity index (χ2n) is 21.4. The number of carboxylic acids is 1. The normalized spacial score (nSPS) is 41.0. The SMILES string of the molecule is CC(=O)c1c(C)c(O)c2cc(C(=O)O)cc(O[C@@H]3O[C@H](CO)[C@]4(CC[C@]56C[C@@]7(C[C@H]8COC[C@@](CCCO)(CSSCO4)[C@@H]85)C[C@@]4(CCCC45CCCC5)C[C@H]7NN6)[C@H](O)[C@H]3O)c2c1O. The van der Waals surface area contributed by atoms with E-state index in [4.69, 9.17) is 18.9 Å². The number of hydrazine groups is 1. The highest BCUT2D eigenvalue weighted by Crippen LogP contribution is 2.75. The zero-order valence-electron chi connectivity index (χ0n) is 37.4. The number of hydrogen-bond acceptors (Lipinski definition) is 16. The first-order valence-corrected chi connectivity index (χ1v) is 26.3. The summed E-state index contributed by atoms with van der Waals surface area (Å²) >= 11 is 0. The number of ketones is 1. The molecule has 2 bridgehead atoms. The van der Waals surface area contributed by atoms with Gasteiger partial charge in [0.05, 0.1) is 29.7 Å². The third kappa shape index (κ3) is 7.01. The fourth-order valence-corrected chi connectivity index (χ4v) is 18.4.